The van der Waals surface area contributed by atoms with E-state index in [-0.39, 0.29) is 0 Å². The Labute approximate surface area is 103 Å². The van der Waals surface area contributed by atoms with Crippen LogP contribution in [0, 0.1) is 6.92 Å². The molecule has 0 aromatic carbocycles. The zero-order valence-corrected chi connectivity index (χ0v) is 10.8. The second-order valence-electron chi connectivity index (χ2n) is 4.22. The molecule has 1 saturated carbocycles. The van der Waals surface area contributed by atoms with Crippen molar-refractivity contribution in [1.29, 1.82) is 0 Å². The molecule has 0 spiro atoms. The monoisotopic (exact) mass is 250 g/mol. The van der Waals surface area contributed by atoms with E-state index in [0.29, 0.717) is 12.1 Å². The van der Waals surface area contributed by atoms with E-state index in [1.165, 1.54) is 22.7 Å². The summed E-state index contributed by atoms with van der Waals surface area (Å²) >= 11 is 3.57. The maximum absolute atomic E-state index is 4.61. The van der Waals surface area contributed by atoms with Crippen LogP contribution in [-0.2, 0) is 0 Å². The van der Waals surface area contributed by atoms with Gasteiger partial charge in [0.15, 0.2) is 0 Å². The SMILES string of the molecule is Cc1csc(C(NC2CC2)c2cccs2)n1. The van der Waals surface area contributed by atoms with Crippen molar-refractivity contribution in [2.45, 2.75) is 31.8 Å². The molecule has 2 heterocycles. The summed E-state index contributed by atoms with van der Waals surface area (Å²) in [4.78, 5) is 5.99. The molecule has 1 fully saturated rings. The van der Waals surface area contributed by atoms with Crippen LogP contribution in [0.1, 0.15) is 34.5 Å². The van der Waals surface area contributed by atoms with Gasteiger partial charge in [0.25, 0.3) is 0 Å². The van der Waals surface area contributed by atoms with E-state index < -0.39 is 0 Å². The summed E-state index contributed by atoms with van der Waals surface area (Å²) in [5, 5.41) is 9.15. The van der Waals surface area contributed by atoms with Gasteiger partial charge in [-0.3, -0.25) is 0 Å². The Morgan fingerprint density at radius 1 is 1.44 bits per heavy atom. The molecule has 2 aromatic heterocycles. The van der Waals surface area contributed by atoms with Gasteiger partial charge in [-0.15, -0.1) is 22.7 Å². The second-order valence-corrected chi connectivity index (χ2v) is 6.09. The lowest BCUT2D eigenvalue weighted by molar-refractivity contribution is 0.605. The third-order valence-corrected chi connectivity index (χ3v) is 4.66. The first kappa shape index (κ1) is 10.4. The summed E-state index contributed by atoms with van der Waals surface area (Å²) < 4.78 is 0. The molecule has 0 aliphatic heterocycles. The van der Waals surface area contributed by atoms with E-state index in [9.17, 15) is 0 Å². The van der Waals surface area contributed by atoms with Crippen LogP contribution < -0.4 is 5.32 Å². The summed E-state index contributed by atoms with van der Waals surface area (Å²) in [6.07, 6.45) is 2.62. The van der Waals surface area contributed by atoms with Gasteiger partial charge in [0.05, 0.1) is 6.04 Å². The van der Waals surface area contributed by atoms with Crippen LogP contribution in [-0.4, -0.2) is 11.0 Å². The zero-order valence-electron chi connectivity index (χ0n) is 9.14. The van der Waals surface area contributed by atoms with Gasteiger partial charge in [-0.2, -0.15) is 0 Å². The lowest BCUT2D eigenvalue weighted by Crippen LogP contribution is -2.23. The lowest BCUT2D eigenvalue weighted by Gasteiger charge is -2.14. The van der Waals surface area contributed by atoms with Crippen molar-refractivity contribution >= 4 is 22.7 Å². The first-order valence-electron chi connectivity index (χ1n) is 5.54. The summed E-state index contributed by atoms with van der Waals surface area (Å²) in [5.74, 6) is 0. The molecule has 1 atom stereocenters. The highest BCUT2D eigenvalue weighted by atomic mass is 32.1. The third kappa shape index (κ3) is 2.19. The second kappa shape index (κ2) is 4.28. The molecule has 16 heavy (non-hydrogen) atoms. The van der Waals surface area contributed by atoms with Crippen molar-refractivity contribution in [3.8, 4) is 0 Å². The highest BCUT2D eigenvalue weighted by molar-refractivity contribution is 7.11. The molecule has 2 aromatic rings. The Balaban J connectivity index is 1.88. The number of aromatic nitrogens is 1. The average Bonchev–Trinajstić information content (AvgIpc) is 2.79. The number of rotatable bonds is 4. The van der Waals surface area contributed by atoms with Gasteiger partial charge in [0, 0.05) is 22.0 Å². The van der Waals surface area contributed by atoms with Crippen molar-refractivity contribution in [2.24, 2.45) is 0 Å². The molecule has 0 bridgehead atoms. The van der Waals surface area contributed by atoms with Crippen molar-refractivity contribution in [3.05, 3.63) is 38.5 Å². The number of hydrogen-bond donors (Lipinski definition) is 1. The fourth-order valence-electron chi connectivity index (χ4n) is 1.72. The number of aryl methyl sites for hydroxylation is 1. The van der Waals surface area contributed by atoms with Crippen molar-refractivity contribution < 1.29 is 0 Å². The Hall–Kier alpha value is -0.710. The van der Waals surface area contributed by atoms with Crippen LogP contribution in [0.3, 0.4) is 0 Å². The smallest absolute Gasteiger partial charge is 0.115 e. The van der Waals surface area contributed by atoms with E-state index in [0.717, 1.165) is 5.69 Å². The van der Waals surface area contributed by atoms with Gasteiger partial charge in [-0.05, 0) is 31.2 Å². The van der Waals surface area contributed by atoms with Crippen LogP contribution in [0.25, 0.3) is 0 Å². The molecule has 0 saturated heterocycles. The summed E-state index contributed by atoms with van der Waals surface area (Å²) in [7, 11) is 0. The Kier molecular flexibility index (Phi) is 2.79. The Morgan fingerprint density at radius 3 is 2.88 bits per heavy atom. The fourth-order valence-corrected chi connectivity index (χ4v) is 3.45. The first-order chi connectivity index (χ1) is 7.83. The predicted molar refractivity (Wildman–Crippen MR) is 69.2 cm³/mol. The molecule has 2 nitrogen and oxygen atoms in total. The zero-order chi connectivity index (χ0) is 11.0. The van der Waals surface area contributed by atoms with Crippen LogP contribution in [0.5, 0.6) is 0 Å². The van der Waals surface area contributed by atoms with Gasteiger partial charge in [0.1, 0.15) is 5.01 Å². The molecular formula is C12H14N2S2. The lowest BCUT2D eigenvalue weighted by atomic mass is 10.2. The van der Waals surface area contributed by atoms with Gasteiger partial charge in [-0.25, -0.2) is 4.98 Å². The topological polar surface area (TPSA) is 24.9 Å². The standard InChI is InChI=1S/C12H14N2S2/c1-8-7-16-12(13-8)11(14-9-4-5-9)10-3-2-6-15-10/h2-3,6-7,9,11,14H,4-5H2,1H3. The molecule has 1 N–H and O–H groups in total. The largest absolute Gasteiger partial charge is 0.301 e. The van der Waals surface area contributed by atoms with Crippen molar-refractivity contribution in [2.75, 3.05) is 0 Å². The van der Waals surface area contributed by atoms with Gasteiger partial charge in [-0.1, -0.05) is 6.07 Å². The third-order valence-electron chi connectivity index (χ3n) is 2.69. The van der Waals surface area contributed by atoms with Gasteiger partial charge < -0.3 is 5.32 Å². The quantitative estimate of drug-likeness (QED) is 0.900. The first-order valence-corrected chi connectivity index (χ1v) is 7.30. The number of thiophene rings is 1. The summed E-state index contributed by atoms with van der Waals surface area (Å²) in [6, 6.07) is 5.33. The average molecular weight is 250 g/mol. The number of nitrogens with zero attached hydrogens (tertiary/aromatic N) is 1. The number of thiazole rings is 1. The minimum absolute atomic E-state index is 0.311. The van der Waals surface area contributed by atoms with E-state index in [1.807, 2.05) is 11.3 Å². The normalized spacial score (nSPS) is 17.6. The molecule has 0 amide bonds. The Bertz CT molecular complexity index is 457. The summed E-state index contributed by atoms with van der Waals surface area (Å²) in [5.41, 5.74) is 1.12. The predicted octanol–water partition coefficient (Wildman–Crippen LogP) is 3.35. The summed E-state index contributed by atoms with van der Waals surface area (Å²) in [6.45, 7) is 2.06. The molecule has 4 heteroatoms. The molecule has 1 aliphatic rings. The molecule has 3 rings (SSSR count). The van der Waals surface area contributed by atoms with Crippen LogP contribution in [0.15, 0.2) is 22.9 Å². The molecule has 1 aliphatic carbocycles. The Morgan fingerprint density at radius 2 is 2.31 bits per heavy atom. The highest BCUT2D eigenvalue weighted by Crippen LogP contribution is 2.32. The fraction of sp³-hybridized carbons (Fsp3) is 0.417. The number of nitrogens with one attached hydrogen (secondary N) is 1. The molecule has 1 unspecified atom stereocenters. The molecular weight excluding hydrogens is 236 g/mol. The maximum Gasteiger partial charge on any atom is 0.115 e. The van der Waals surface area contributed by atoms with Gasteiger partial charge >= 0.3 is 0 Å². The molecule has 0 radical (unpaired) electrons. The molecule has 84 valence electrons. The van der Waals surface area contributed by atoms with E-state index >= 15 is 0 Å². The van der Waals surface area contributed by atoms with E-state index in [1.54, 1.807) is 11.3 Å². The minimum Gasteiger partial charge on any atom is -0.301 e. The van der Waals surface area contributed by atoms with Crippen molar-refractivity contribution in [3.63, 3.8) is 0 Å². The van der Waals surface area contributed by atoms with Crippen LogP contribution in [0.2, 0.25) is 0 Å². The van der Waals surface area contributed by atoms with Crippen LogP contribution >= 0.6 is 22.7 Å². The maximum atomic E-state index is 4.61. The van der Waals surface area contributed by atoms with Gasteiger partial charge in [0.2, 0.25) is 0 Å². The minimum atomic E-state index is 0.311. The highest BCUT2D eigenvalue weighted by Gasteiger charge is 2.28. The number of hydrogen-bond acceptors (Lipinski definition) is 4. The van der Waals surface area contributed by atoms with Crippen molar-refractivity contribution in [1.82, 2.24) is 10.3 Å². The van der Waals surface area contributed by atoms with Crippen LogP contribution in [0.4, 0.5) is 0 Å². The van der Waals surface area contributed by atoms with E-state index in [2.05, 4.69) is 40.1 Å². The van der Waals surface area contributed by atoms with E-state index in [4.69, 9.17) is 0 Å².